The number of rotatable bonds is 6. The predicted molar refractivity (Wildman–Crippen MR) is 141 cm³/mol. The van der Waals surface area contributed by atoms with Gasteiger partial charge in [-0.25, -0.2) is 4.98 Å². The first-order valence-corrected chi connectivity index (χ1v) is 10.8. The van der Waals surface area contributed by atoms with Crippen molar-refractivity contribution in [3.05, 3.63) is 101 Å². The molecule has 3 aromatic carbocycles. The molecular formula is C29H29N3. The monoisotopic (exact) mass is 419 g/mol. The van der Waals surface area contributed by atoms with Gasteiger partial charge in [-0.15, -0.1) is 0 Å². The summed E-state index contributed by atoms with van der Waals surface area (Å²) >= 11 is 0. The van der Waals surface area contributed by atoms with E-state index < -0.39 is 0 Å². The first-order valence-electron chi connectivity index (χ1n) is 10.8. The minimum Gasteiger partial charge on any atom is -0.378 e. The highest BCUT2D eigenvalue weighted by Gasteiger charge is 2.03. The number of fused-ring (bicyclic) bond motifs is 1. The third-order valence-electron chi connectivity index (χ3n) is 5.49. The van der Waals surface area contributed by atoms with E-state index in [1.807, 2.05) is 6.07 Å². The molecule has 0 aliphatic heterocycles. The zero-order chi connectivity index (χ0) is 22.5. The second-order valence-corrected chi connectivity index (χ2v) is 8.29. The molecule has 3 heteroatoms. The zero-order valence-corrected chi connectivity index (χ0v) is 19.2. The lowest BCUT2D eigenvalue weighted by atomic mass is 10.1. The highest BCUT2D eigenvalue weighted by molar-refractivity contribution is 5.87. The fourth-order valence-electron chi connectivity index (χ4n) is 3.54. The van der Waals surface area contributed by atoms with Gasteiger partial charge >= 0.3 is 0 Å². The molecule has 0 spiro atoms. The van der Waals surface area contributed by atoms with E-state index in [0.29, 0.717) is 0 Å². The highest BCUT2D eigenvalue weighted by atomic mass is 15.1. The lowest BCUT2D eigenvalue weighted by molar-refractivity contribution is 1.13. The normalized spacial score (nSPS) is 11.5. The molecule has 4 rings (SSSR count). The summed E-state index contributed by atoms with van der Waals surface area (Å²) in [5, 5.41) is 1.14. The van der Waals surface area contributed by atoms with Crippen molar-refractivity contribution in [2.45, 2.75) is 0 Å². The van der Waals surface area contributed by atoms with Crippen LogP contribution in [0.15, 0.2) is 78.9 Å². The SMILES string of the molecule is CN(C)c1ccc(C=Cc2cc3ccccc3nc2C=Cc2ccc(N(C)C)cc2)cc1. The smallest absolute Gasteiger partial charge is 0.0709 e. The lowest BCUT2D eigenvalue weighted by Crippen LogP contribution is -2.07. The summed E-state index contributed by atoms with van der Waals surface area (Å²) in [5.74, 6) is 0. The van der Waals surface area contributed by atoms with Gasteiger partial charge in [0.15, 0.2) is 0 Å². The van der Waals surface area contributed by atoms with Crippen LogP contribution in [0.1, 0.15) is 22.4 Å². The van der Waals surface area contributed by atoms with E-state index in [1.165, 1.54) is 11.4 Å². The summed E-state index contributed by atoms with van der Waals surface area (Å²) in [6.07, 6.45) is 8.53. The van der Waals surface area contributed by atoms with E-state index in [4.69, 9.17) is 4.98 Å². The summed E-state index contributed by atoms with van der Waals surface area (Å²) in [6, 6.07) is 27.6. The van der Waals surface area contributed by atoms with Gasteiger partial charge in [-0.2, -0.15) is 0 Å². The van der Waals surface area contributed by atoms with Gasteiger partial charge in [-0.3, -0.25) is 0 Å². The van der Waals surface area contributed by atoms with Crippen LogP contribution >= 0.6 is 0 Å². The molecule has 1 aromatic heterocycles. The maximum absolute atomic E-state index is 4.93. The van der Waals surface area contributed by atoms with Gasteiger partial charge < -0.3 is 9.80 Å². The molecule has 3 nitrogen and oxygen atoms in total. The second-order valence-electron chi connectivity index (χ2n) is 8.29. The van der Waals surface area contributed by atoms with Gasteiger partial charge in [0.1, 0.15) is 0 Å². The van der Waals surface area contributed by atoms with Crippen molar-refractivity contribution < 1.29 is 0 Å². The summed E-state index contributed by atoms with van der Waals surface area (Å²) in [6.45, 7) is 0. The van der Waals surface area contributed by atoms with E-state index in [-0.39, 0.29) is 0 Å². The molecule has 0 saturated heterocycles. The standard InChI is InChI=1S/C29H29N3/c1-31(2)26-16-10-22(11-17-26)9-15-25-21-24-7-5-6-8-28(24)30-29(25)20-14-23-12-18-27(19-13-23)32(3)4/h5-21H,1-4H3. The first-order chi connectivity index (χ1) is 15.5. The molecule has 0 atom stereocenters. The van der Waals surface area contributed by atoms with Crippen LogP contribution in [0.25, 0.3) is 35.2 Å². The van der Waals surface area contributed by atoms with Crippen LogP contribution in [0.5, 0.6) is 0 Å². The molecule has 0 fully saturated rings. The largest absolute Gasteiger partial charge is 0.378 e. The summed E-state index contributed by atoms with van der Waals surface area (Å²) in [5.41, 5.74) is 7.76. The van der Waals surface area contributed by atoms with Crippen molar-refractivity contribution in [3.63, 3.8) is 0 Å². The van der Waals surface area contributed by atoms with Crippen molar-refractivity contribution in [1.82, 2.24) is 4.98 Å². The van der Waals surface area contributed by atoms with Crippen LogP contribution in [0.4, 0.5) is 11.4 Å². The van der Waals surface area contributed by atoms with Crippen LogP contribution in [0.3, 0.4) is 0 Å². The Balaban J connectivity index is 1.67. The second kappa shape index (κ2) is 9.52. The Kier molecular flexibility index (Phi) is 6.37. The molecule has 0 amide bonds. The summed E-state index contributed by atoms with van der Waals surface area (Å²) in [7, 11) is 8.21. The number of hydrogen-bond donors (Lipinski definition) is 0. The number of anilines is 2. The first kappa shape index (κ1) is 21.4. The quantitative estimate of drug-likeness (QED) is 0.346. The molecule has 0 unspecified atom stereocenters. The van der Waals surface area contributed by atoms with Crippen LogP contribution in [-0.4, -0.2) is 33.2 Å². The molecule has 0 aliphatic carbocycles. The van der Waals surface area contributed by atoms with E-state index in [2.05, 4.69) is 135 Å². The Morgan fingerprint density at radius 3 is 1.69 bits per heavy atom. The molecule has 160 valence electrons. The predicted octanol–water partition coefficient (Wildman–Crippen LogP) is 6.71. The van der Waals surface area contributed by atoms with Gasteiger partial charge in [0, 0.05) is 50.5 Å². The molecule has 0 aliphatic rings. The van der Waals surface area contributed by atoms with Crippen molar-refractivity contribution >= 4 is 46.6 Å². The number of para-hydroxylation sites is 1. The Hall–Kier alpha value is -3.85. The van der Waals surface area contributed by atoms with E-state index in [0.717, 1.165) is 33.3 Å². The molecule has 0 saturated carbocycles. The molecule has 1 heterocycles. The maximum atomic E-state index is 4.93. The number of hydrogen-bond acceptors (Lipinski definition) is 3. The Morgan fingerprint density at radius 1 is 0.594 bits per heavy atom. The minimum atomic E-state index is 0.960. The molecule has 0 bridgehead atoms. The van der Waals surface area contributed by atoms with Gasteiger partial charge in [-0.1, -0.05) is 60.7 Å². The van der Waals surface area contributed by atoms with Crippen LogP contribution < -0.4 is 9.80 Å². The van der Waals surface area contributed by atoms with E-state index >= 15 is 0 Å². The van der Waals surface area contributed by atoms with Gasteiger partial charge in [0.05, 0.1) is 11.2 Å². The molecular weight excluding hydrogens is 390 g/mol. The van der Waals surface area contributed by atoms with Gasteiger partial charge in [0.25, 0.3) is 0 Å². The number of pyridine rings is 1. The number of nitrogens with zero attached hydrogens (tertiary/aromatic N) is 3. The number of aromatic nitrogens is 1. The van der Waals surface area contributed by atoms with Crippen molar-refractivity contribution in [3.8, 4) is 0 Å². The van der Waals surface area contributed by atoms with Crippen LogP contribution in [-0.2, 0) is 0 Å². The Bertz CT molecular complexity index is 1150. The average Bonchev–Trinajstić information content (AvgIpc) is 2.81. The highest BCUT2D eigenvalue weighted by Crippen LogP contribution is 2.22. The third-order valence-corrected chi connectivity index (χ3v) is 5.49. The van der Waals surface area contributed by atoms with Crippen molar-refractivity contribution in [2.75, 3.05) is 38.0 Å². The fraction of sp³-hybridized carbons (Fsp3) is 0.138. The lowest BCUT2D eigenvalue weighted by Gasteiger charge is -2.12. The van der Waals surface area contributed by atoms with Crippen LogP contribution in [0.2, 0.25) is 0 Å². The van der Waals surface area contributed by atoms with E-state index in [1.54, 1.807) is 0 Å². The number of benzene rings is 3. The summed E-state index contributed by atoms with van der Waals surface area (Å²) in [4.78, 5) is 9.14. The summed E-state index contributed by atoms with van der Waals surface area (Å²) < 4.78 is 0. The van der Waals surface area contributed by atoms with Gasteiger partial charge in [0.2, 0.25) is 0 Å². The fourth-order valence-corrected chi connectivity index (χ4v) is 3.54. The van der Waals surface area contributed by atoms with Gasteiger partial charge in [-0.05, 0) is 53.6 Å². The third kappa shape index (κ3) is 5.06. The topological polar surface area (TPSA) is 19.4 Å². The van der Waals surface area contributed by atoms with Crippen molar-refractivity contribution in [1.29, 1.82) is 0 Å². The van der Waals surface area contributed by atoms with E-state index in [9.17, 15) is 0 Å². The maximum Gasteiger partial charge on any atom is 0.0709 e. The minimum absolute atomic E-state index is 0.960. The molecule has 4 aromatic rings. The zero-order valence-electron chi connectivity index (χ0n) is 19.2. The molecule has 0 N–H and O–H groups in total. The Morgan fingerprint density at radius 2 is 1.12 bits per heavy atom. The average molecular weight is 420 g/mol. The Labute approximate surface area is 191 Å². The molecule has 0 radical (unpaired) electrons. The molecule has 32 heavy (non-hydrogen) atoms. The van der Waals surface area contributed by atoms with Crippen LogP contribution in [0, 0.1) is 0 Å². The van der Waals surface area contributed by atoms with Crippen molar-refractivity contribution in [2.24, 2.45) is 0 Å².